The van der Waals surface area contributed by atoms with Gasteiger partial charge in [0.15, 0.2) is 0 Å². The van der Waals surface area contributed by atoms with Gasteiger partial charge in [0.1, 0.15) is 0 Å². The molecule has 2 rings (SSSR count). The third-order valence-corrected chi connectivity index (χ3v) is 7.13. The molecule has 32 heavy (non-hydrogen) atoms. The molecule has 0 atom stereocenters. The molecular weight excluding hydrogens is 742 g/mol. The summed E-state index contributed by atoms with van der Waals surface area (Å²) in [5.41, 5.74) is 2.73. The van der Waals surface area contributed by atoms with Gasteiger partial charge in [0.05, 0.1) is 6.07 Å². The molecule has 0 fully saturated rings. The van der Waals surface area contributed by atoms with E-state index in [1.54, 1.807) is 6.07 Å². The van der Waals surface area contributed by atoms with Gasteiger partial charge in [-0.25, -0.2) is 0 Å². The Hall–Kier alpha value is -0.502. The molecule has 0 amide bonds. The Morgan fingerprint density at radius 3 is 1.38 bits per heavy atom. The van der Waals surface area contributed by atoms with Gasteiger partial charge in [0, 0.05) is 6.92 Å². The van der Waals surface area contributed by atoms with Gasteiger partial charge in [-0.3, -0.25) is 0 Å². The Morgan fingerprint density at radius 2 is 1.03 bits per heavy atom. The van der Waals surface area contributed by atoms with E-state index in [1.165, 1.54) is 23.4 Å². The topological polar surface area (TPSA) is 23.8 Å². The molecule has 2 aromatic carbocycles. The third-order valence-electron chi connectivity index (χ3n) is 3.57. The Labute approximate surface area is 206 Å². The zero-order valence-electron chi connectivity index (χ0n) is 19.1. The maximum absolute atomic E-state index is 11.2. The molecule has 0 radical (unpaired) electrons. The van der Waals surface area contributed by atoms with Crippen LogP contribution >= 0.6 is 7.92 Å². The molecule has 0 heterocycles. The van der Waals surface area contributed by atoms with E-state index >= 15 is 0 Å². The molecule has 0 saturated heterocycles. The average Bonchev–Trinajstić information content (AvgIpc) is 2.51. The first-order valence-corrected chi connectivity index (χ1v) is 16.5. The zero-order valence-corrected chi connectivity index (χ0v) is 24.7. The van der Waals surface area contributed by atoms with Gasteiger partial charge >= 0.3 is 58.7 Å². The van der Waals surface area contributed by atoms with Crippen molar-refractivity contribution in [2.24, 2.45) is 0 Å². The number of rotatable bonds is 2. The Bertz CT molecular complexity index is 858. The zero-order chi connectivity index (χ0) is 24.8. The second-order valence-electron chi connectivity index (χ2n) is 8.74. The van der Waals surface area contributed by atoms with Gasteiger partial charge in [0.2, 0.25) is 0 Å². The third kappa shape index (κ3) is 16.2. The van der Waals surface area contributed by atoms with Gasteiger partial charge in [-0.2, -0.15) is 5.26 Å². The van der Waals surface area contributed by atoms with Crippen molar-refractivity contribution in [3.8, 4) is 17.2 Å². The summed E-state index contributed by atoms with van der Waals surface area (Å²) in [6.45, 7) is 15.7. The molecule has 1 nitrogen and oxygen atoms in total. The Kier molecular flexibility index (Phi) is 11.9. The molecule has 0 N–H and O–H groups in total. The summed E-state index contributed by atoms with van der Waals surface area (Å²) in [6.07, 6.45) is 0. The quantitative estimate of drug-likeness (QED) is 0.170. The Balaban J connectivity index is 0. The summed E-state index contributed by atoms with van der Waals surface area (Å²) >= 11 is -11.2. The molecule has 186 valence electrons. The van der Waals surface area contributed by atoms with Crippen molar-refractivity contribution in [2.75, 3.05) is 0 Å². The predicted octanol–water partition coefficient (Wildman–Crippen LogP) is 8.73. The maximum atomic E-state index is 9.93. The van der Waals surface area contributed by atoms with Gasteiger partial charge in [0.25, 0.3) is 0 Å². The van der Waals surface area contributed by atoms with Crippen LogP contribution in [0.5, 0.6) is 0 Å². The molecule has 0 aliphatic heterocycles. The summed E-state index contributed by atoms with van der Waals surface area (Å²) in [5, 5.41) is 9.43. The number of halogens is 6. The van der Waals surface area contributed by atoms with E-state index in [0.717, 1.165) is 0 Å². The first-order chi connectivity index (χ1) is 13.6. The van der Waals surface area contributed by atoms with Crippen LogP contribution in [0, 0.1) is 11.3 Å². The van der Waals surface area contributed by atoms with Gasteiger partial charge < -0.3 is 0 Å². The molecule has 0 spiro atoms. The minimum absolute atomic E-state index is 0. The molecule has 0 aliphatic rings. The van der Waals surface area contributed by atoms with E-state index < -0.39 is 19.5 Å². The van der Waals surface area contributed by atoms with E-state index in [9.17, 15) is 16.9 Å². The van der Waals surface area contributed by atoms with E-state index in [-0.39, 0.29) is 30.3 Å². The van der Waals surface area contributed by atoms with Crippen LogP contribution in [0.15, 0.2) is 54.6 Å². The number of hydrogen-bond donors (Lipinski definition) is 0. The van der Waals surface area contributed by atoms with E-state index in [1.807, 2.05) is 0 Å². The fourth-order valence-electron chi connectivity index (χ4n) is 3.26. The van der Waals surface area contributed by atoms with Crippen LogP contribution in [0.3, 0.4) is 0 Å². The second kappa shape index (κ2) is 11.3. The number of benzene rings is 2. The van der Waals surface area contributed by atoms with Crippen LogP contribution in [0.2, 0.25) is 0 Å². The Morgan fingerprint density at radius 1 is 0.719 bits per heavy atom. The predicted molar refractivity (Wildman–Crippen MR) is 122 cm³/mol. The van der Waals surface area contributed by atoms with E-state index in [2.05, 4.69) is 96.1 Å². The first-order valence-electron chi connectivity index (χ1n) is 9.40. The van der Waals surface area contributed by atoms with Crippen LogP contribution in [0.1, 0.15) is 48.5 Å². The first kappa shape index (κ1) is 33.7. The molecule has 10 heteroatoms. The molecule has 0 bridgehead atoms. The van der Waals surface area contributed by atoms with E-state index in [4.69, 9.17) is 5.26 Å². The summed E-state index contributed by atoms with van der Waals surface area (Å²) < 4.78 is 59.6. The van der Waals surface area contributed by atoms with Gasteiger partial charge in [-0.15, -0.1) is 0 Å². The number of hydrogen-bond acceptors (Lipinski definition) is 1. The molecule has 0 aromatic heterocycles. The van der Waals surface area contributed by atoms with Crippen LogP contribution in [-0.2, 0) is 22.4 Å². The molecule has 0 aliphatic carbocycles. The van der Waals surface area contributed by atoms with Crippen molar-refractivity contribution in [3.05, 3.63) is 54.6 Å². The SMILES string of the molecule is CC#N.CC(C)(C)P(c1ccccc1-c1ccccc1)C(C)(C)C.[Au+].[F][Sb-]([F])([F])([F])([F])[F]. The number of nitrogens with zero attached hydrogens (tertiary/aromatic N) is 1. The molecular formula is C22H30AuF6NPSb. The summed E-state index contributed by atoms with van der Waals surface area (Å²) in [5.74, 6) is 0. The fraction of sp³-hybridized carbons (Fsp3) is 0.409. The summed E-state index contributed by atoms with van der Waals surface area (Å²) in [6, 6.07) is 21.5. The van der Waals surface area contributed by atoms with Crippen molar-refractivity contribution in [3.63, 3.8) is 0 Å². The van der Waals surface area contributed by atoms with Crippen LogP contribution in [-0.4, -0.2) is 29.8 Å². The number of nitriles is 1. The molecule has 2 aromatic rings. The van der Waals surface area contributed by atoms with Crippen LogP contribution < -0.4 is 5.30 Å². The average molecular weight is 772 g/mol. The van der Waals surface area contributed by atoms with Crippen LogP contribution in [0.25, 0.3) is 11.1 Å². The molecule has 0 saturated carbocycles. The standard InChI is InChI=1S/C20H27P.C2H3N.Au.6FH.Sb/c1-19(2,3)21(20(4,5)6)18-15-11-10-14-17(18)16-12-8-7-9-13-16;1-2-3;;;;;;;;/h7-15H,1-6H3;1H3;;6*1H;/q;;+1;;;;;;;+5/p-6. The monoisotopic (exact) mass is 771 g/mol. The van der Waals surface area contributed by atoms with Crippen molar-refractivity contribution in [2.45, 2.75) is 58.8 Å². The van der Waals surface area contributed by atoms with E-state index in [0.29, 0.717) is 10.3 Å². The van der Waals surface area contributed by atoms with Crippen molar-refractivity contribution >= 4 is 32.7 Å². The van der Waals surface area contributed by atoms with Crippen molar-refractivity contribution in [1.29, 1.82) is 5.26 Å². The van der Waals surface area contributed by atoms with Crippen LogP contribution in [0.4, 0.5) is 16.9 Å². The van der Waals surface area contributed by atoms with Crippen molar-refractivity contribution in [1.82, 2.24) is 0 Å². The van der Waals surface area contributed by atoms with Gasteiger partial charge in [-0.05, 0) is 26.7 Å². The summed E-state index contributed by atoms with van der Waals surface area (Å²) in [4.78, 5) is 0. The minimum atomic E-state index is -11.2. The van der Waals surface area contributed by atoms with Gasteiger partial charge in [-0.1, -0.05) is 104 Å². The summed E-state index contributed by atoms with van der Waals surface area (Å²) in [7, 11) is -0.282. The molecule has 0 unspecified atom stereocenters. The fourth-order valence-corrected chi connectivity index (χ4v) is 7.40. The van der Waals surface area contributed by atoms with Crippen molar-refractivity contribution < 1.29 is 39.3 Å². The normalized spacial score (nSPS) is 13.7. The second-order valence-corrected chi connectivity index (χ2v) is 18.0.